The molecule has 0 aliphatic rings. The molecule has 1 heterocycles. The molecule has 0 bridgehead atoms. The van der Waals surface area contributed by atoms with Gasteiger partial charge in [0.2, 0.25) is 5.69 Å². The molecule has 5 heteroatoms. The van der Waals surface area contributed by atoms with E-state index >= 15 is 0 Å². The van der Waals surface area contributed by atoms with Gasteiger partial charge in [-0.05, 0) is 62.2 Å². The predicted molar refractivity (Wildman–Crippen MR) is 207 cm³/mol. The summed E-state index contributed by atoms with van der Waals surface area (Å²) in [6.45, 7) is 16.9. The molecular formula is C45H28N4Si. The molecule has 0 radical (unpaired) electrons. The quantitative estimate of drug-likeness (QED) is 0.101. The second-order valence-electron chi connectivity index (χ2n) is 12.2. The van der Waals surface area contributed by atoms with Crippen LogP contribution in [0.15, 0.2) is 170 Å². The number of aromatic nitrogens is 1. The van der Waals surface area contributed by atoms with Crippen LogP contribution in [-0.4, -0.2) is 12.6 Å². The molecule has 0 atom stereocenters. The molecular weight excluding hydrogens is 625 g/mol. The van der Waals surface area contributed by atoms with Crippen LogP contribution in [-0.2, 0) is 0 Å². The Morgan fingerprint density at radius 1 is 0.540 bits per heavy atom. The van der Waals surface area contributed by atoms with Crippen LogP contribution in [0.1, 0.15) is 5.56 Å². The largest absolute Gasteiger partial charge is 0.319 e. The van der Waals surface area contributed by atoms with Gasteiger partial charge in [0.15, 0.2) is 13.8 Å². The Labute approximate surface area is 292 Å². The van der Waals surface area contributed by atoms with E-state index in [4.69, 9.17) is 13.1 Å². The Hall–Kier alpha value is -6.97. The Bertz CT molecular complexity index is 2580. The molecule has 232 valence electrons. The number of rotatable bonds is 6. The lowest BCUT2D eigenvalue weighted by atomic mass is 10.0. The first kappa shape index (κ1) is 30.4. The Morgan fingerprint density at radius 2 is 1.14 bits per heavy atom. The number of benzene rings is 7. The van der Waals surface area contributed by atoms with Crippen LogP contribution in [0, 0.1) is 24.5 Å². The van der Waals surface area contributed by atoms with Gasteiger partial charge < -0.3 is 4.57 Å². The fraction of sp³-hybridized carbons (Fsp3) is 0. The molecule has 7 aromatic carbocycles. The molecule has 8 aromatic rings. The number of para-hydroxylation sites is 2. The normalized spacial score (nSPS) is 11.1. The van der Waals surface area contributed by atoms with Crippen molar-refractivity contribution >= 4 is 62.0 Å². The van der Waals surface area contributed by atoms with E-state index < -0.39 is 8.07 Å². The van der Waals surface area contributed by atoms with Crippen LogP contribution < -0.4 is 20.7 Å². The summed E-state index contributed by atoms with van der Waals surface area (Å²) in [4.78, 5) is 8.28. The van der Waals surface area contributed by atoms with E-state index in [1.165, 1.54) is 15.6 Å². The molecule has 0 saturated carbocycles. The molecule has 50 heavy (non-hydrogen) atoms. The summed E-state index contributed by atoms with van der Waals surface area (Å²) < 4.78 is 2.11. The van der Waals surface area contributed by atoms with Gasteiger partial charge in [0, 0.05) is 10.8 Å². The number of hydrogen-bond donors (Lipinski definition) is 0. The summed E-state index contributed by atoms with van der Waals surface area (Å²) in [6, 6.07) is 60.0. The standard InChI is InChI=1S/C45H28N4Si/c1-47-40-27-26-33(30-43(40)49-41-23-13-12-21-38(41)39-29-32(31-46)25-28-42(39)49)37-22-14-24-44(45(37)48-2)50(34-15-6-3-7-16-34,35-17-8-4-9-18-35)36-19-10-5-11-20-36/h3-30H. The van der Waals surface area contributed by atoms with Crippen molar-refractivity contribution in [2.24, 2.45) is 0 Å². The van der Waals surface area contributed by atoms with Crippen LogP contribution in [0.25, 0.3) is 48.3 Å². The highest BCUT2D eigenvalue weighted by Crippen LogP contribution is 2.39. The van der Waals surface area contributed by atoms with E-state index in [-0.39, 0.29) is 0 Å². The monoisotopic (exact) mass is 652 g/mol. The molecule has 1 aromatic heterocycles. The Morgan fingerprint density at radius 3 is 1.74 bits per heavy atom. The highest BCUT2D eigenvalue weighted by Gasteiger charge is 2.43. The van der Waals surface area contributed by atoms with Crippen molar-refractivity contribution in [3.05, 3.63) is 198 Å². The minimum atomic E-state index is -2.99. The van der Waals surface area contributed by atoms with Crippen LogP contribution in [0.4, 0.5) is 11.4 Å². The molecule has 0 N–H and O–H groups in total. The van der Waals surface area contributed by atoms with Gasteiger partial charge in [-0.25, -0.2) is 9.69 Å². The molecule has 0 spiro atoms. The highest BCUT2D eigenvalue weighted by molar-refractivity contribution is 7.20. The summed E-state index contributed by atoms with van der Waals surface area (Å²) in [7, 11) is -2.99. The smallest absolute Gasteiger partial charge is 0.210 e. The Balaban J connectivity index is 1.43. The minimum Gasteiger partial charge on any atom is -0.319 e. The molecule has 8 rings (SSSR count). The molecule has 0 amide bonds. The average molecular weight is 653 g/mol. The van der Waals surface area contributed by atoms with Gasteiger partial charge in [0.25, 0.3) is 0 Å². The summed E-state index contributed by atoms with van der Waals surface area (Å²) in [6.07, 6.45) is 0. The summed E-state index contributed by atoms with van der Waals surface area (Å²) in [5.74, 6) is 0. The third-order valence-electron chi connectivity index (χ3n) is 9.62. The SMILES string of the molecule is [C-]#[N+]c1ccc(-c2cccc([Si](c3ccccc3)(c3ccccc3)c3ccccc3)c2[N+]#[C-])cc1-n1c2ccccc2c2cc(C#N)ccc21. The molecule has 0 unspecified atom stereocenters. The van der Waals surface area contributed by atoms with E-state index in [0.29, 0.717) is 16.9 Å². The van der Waals surface area contributed by atoms with Crippen LogP contribution in [0.3, 0.4) is 0 Å². The molecule has 0 fully saturated rings. The summed E-state index contributed by atoms with van der Waals surface area (Å²) >= 11 is 0. The first-order chi connectivity index (χ1) is 24.7. The van der Waals surface area contributed by atoms with Crippen LogP contribution in [0.2, 0.25) is 0 Å². The number of nitriles is 1. The lowest BCUT2D eigenvalue weighted by Crippen LogP contribution is -2.74. The van der Waals surface area contributed by atoms with E-state index in [0.717, 1.165) is 43.8 Å². The van der Waals surface area contributed by atoms with Crippen molar-refractivity contribution < 1.29 is 0 Å². The molecule has 0 aliphatic carbocycles. The van der Waals surface area contributed by atoms with Crippen molar-refractivity contribution in [3.63, 3.8) is 0 Å². The maximum absolute atomic E-state index is 9.67. The van der Waals surface area contributed by atoms with Gasteiger partial charge in [-0.15, -0.1) is 0 Å². The average Bonchev–Trinajstić information content (AvgIpc) is 3.52. The third kappa shape index (κ3) is 4.72. The topological polar surface area (TPSA) is 37.4 Å². The van der Waals surface area contributed by atoms with Crippen molar-refractivity contribution in [1.29, 1.82) is 5.26 Å². The van der Waals surface area contributed by atoms with Crippen molar-refractivity contribution in [3.8, 4) is 22.9 Å². The number of hydrogen-bond acceptors (Lipinski definition) is 1. The number of nitrogens with zero attached hydrogens (tertiary/aromatic N) is 4. The maximum Gasteiger partial charge on any atom is 0.210 e. The zero-order chi connectivity index (χ0) is 34.1. The van der Waals surface area contributed by atoms with E-state index in [9.17, 15) is 5.26 Å². The van der Waals surface area contributed by atoms with Gasteiger partial charge in [0.1, 0.15) is 0 Å². The van der Waals surface area contributed by atoms with Gasteiger partial charge in [0.05, 0.1) is 41.5 Å². The van der Waals surface area contributed by atoms with E-state index in [1.54, 1.807) is 0 Å². The van der Waals surface area contributed by atoms with Gasteiger partial charge in [-0.1, -0.05) is 140 Å². The van der Waals surface area contributed by atoms with Crippen molar-refractivity contribution in [1.82, 2.24) is 4.57 Å². The zero-order valence-electron chi connectivity index (χ0n) is 27.0. The van der Waals surface area contributed by atoms with E-state index in [2.05, 4.69) is 111 Å². The van der Waals surface area contributed by atoms with Crippen LogP contribution >= 0.6 is 0 Å². The highest BCUT2D eigenvalue weighted by atomic mass is 28.3. The molecule has 0 saturated heterocycles. The number of fused-ring (bicyclic) bond motifs is 3. The Kier molecular flexibility index (Phi) is 7.63. The predicted octanol–water partition coefficient (Wildman–Crippen LogP) is 8.80. The first-order valence-electron chi connectivity index (χ1n) is 16.3. The summed E-state index contributed by atoms with van der Waals surface area (Å²) in [5, 5.41) is 16.2. The van der Waals surface area contributed by atoms with Crippen molar-refractivity contribution in [2.45, 2.75) is 0 Å². The summed E-state index contributed by atoms with van der Waals surface area (Å²) in [5.41, 5.74) is 5.96. The lowest BCUT2D eigenvalue weighted by Gasteiger charge is -2.35. The second-order valence-corrected chi connectivity index (χ2v) is 15.9. The van der Waals surface area contributed by atoms with Gasteiger partial charge in [-0.2, -0.15) is 5.26 Å². The van der Waals surface area contributed by atoms with Gasteiger partial charge >= 0.3 is 0 Å². The van der Waals surface area contributed by atoms with Gasteiger partial charge in [-0.3, -0.25) is 0 Å². The first-order valence-corrected chi connectivity index (χ1v) is 18.3. The fourth-order valence-electron chi connectivity index (χ4n) is 7.50. The van der Waals surface area contributed by atoms with Crippen LogP contribution in [0.5, 0.6) is 0 Å². The molecule has 4 nitrogen and oxygen atoms in total. The molecule has 0 aliphatic heterocycles. The maximum atomic E-state index is 9.67. The lowest BCUT2D eigenvalue weighted by molar-refractivity contribution is 1.19. The van der Waals surface area contributed by atoms with E-state index in [1.807, 2.05) is 78.9 Å². The zero-order valence-corrected chi connectivity index (χ0v) is 28.0. The second kappa shape index (κ2) is 12.6. The minimum absolute atomic E-state index is 0.503. The fourth-order valence-corrected chi connectivity index (χ4v) is 12.4. The third-order valence-corrected chi connectivity index (χ3v) is 14.4. The van der Waals surface area contributed by atoms with Crippen molar-refractivity contribution in [2.75, 3.05) is 0 Å².